The molecule has 59 heavy (non-hydrogen) atoms. The number of carbonyl (C=O) groups is 4. The number of methoxy groups -OCH3 is 1. The van der Waals surface area contributed by atoms with Gasteiger partial charge in [-0.2, -0.15) is 0 Å². The average molecular weight is 828 g/mol. The normalized spacial score (nSPS) is 24.0. The van der Waals surface area contributed by atoms with Crippen LogP contribution in [-0.2, 0) is 29.2 Å². The van der Waals surface area contributed by atoms with Crippen LogP contribution in [0.4, 0.5) is 0 Å². The number of likely N-dealkylation sites (tertiary alicyclic amines) is 2. The van der Waals surface area contributed by atoms with Crippen molar-refractivity contribution >= 4 is 44.6 Å². The highest BCUT2D eigenvalue weighted by molar-refractivity contribution is 7.90. The Morgan fingerprint density at radius 3 is 2.36 bits per heavy atom. The first kappa shape index (κ1) is 42.2. The number of ether oxygens (including phenoxy) is 2. The quantitative estimate of drug-likeness (QED) is 0.204. The second-order valence-electron chi connectivity index (χ2n) is 17.7. The summed E-state index contributed by atoms with van der Waals surface area (Å²) in [6.07, 6.45) is 6.45. The van der Waals surface area contributed by atoms with Crippen LogP contribution in [0.15, 0.2) is 67.3 Å². The maximum Gasteiger partial charge on any atom is 0.259 e. The lowest BCUT2D eigenvalue weighted by atomic mass is 9.77. The second-order valence-corrected chi connectivity index (χ2v) is 19.7. The second kappa shape index (κ2) is 16.9. The van der Waals surface area contributed by atoms with Crippen LogP contribution in [0.3, 0.4) is 0 Å². The molecule has 2 saturated heterocycles. The van der Waals surface area contributed by atoms with E-state index in [1.165, 1.54) is 4.90 Å². The van der Waals surface area contributed by atoms with E-state index in [1.807, 2.05) is 80.3 Å². The van der Waals surface area contributed by atoms with Crippen molar-refractivity contribution in [3.8, 4) is 22.8 Å². The number of nitrogens with one attached hydrogen (secondary N) is 2. The molecule has 4 aliphatic rings. The summed E-state index contributed by atoms with van der Waals surface area (Å²) < 4.78 is 41.1. The van der Waals surface area contributed by atoms with Gasteiger partial charge in [0.2, 0.25) is 27.7 Å². The van der Waals surface area contributed by atoms with Crippen LogP contribution in [0, 0.1) is 17.3 Å². The topological polar surface area (TPSA) is 164 Å². The molecule has 0 spiro atoms. The van der Waals surface area contributed by atoms with Gasteiger partial charge in [-0.3, -0.25) is 23.9 Å². The van der Waals surface area contributed by atoms with Crippen LogP contribution in [0.2, 0.25) is 0 Å². The number of hydrogen-bond donors (Lipinski definition) is 2. The molecule has 2 saturated carbocycles. The molecule has 3 aromatic rings. The van der Waals surface area contributed by atoms with Crippen LogP contribution < -0.4 is 19.5 Å². The van der Waals surface area contributed by atoms with E-state index in [4.69, 9.17) is 14.5 Å². The van der Waals surface area contributed by atoms with Gasteiger partial charge < -0.3 is 24.6 Å². The number of hydrogen-bond acceptors (Lipinski definition) is 9. The first-order chi connectivity index (χ1) is 28.1. The molecule has 14 heteroatoms. The molecule has 7 rings (SSSR count). The number of benzene rings is 2. The maximum atomic E-state index is 14.9. The molecule has 2 aliphatic heterocycles. The number of amides is 4. The third kappa shape index (κ3) is 8.97. The third-order valence-electron chi connectivity index (χ3n) is 12.6. The number of nitrogens with zero attached hydrogens (tertiary/aromatic N) is 3. The molecule has 0 unspecified atom stereocenters. The predicted molar refractivity (Wildman–Crippen MR) is 225 cm³/mol. The standard InChI is InChI=1S/C45H57N5O8S/c1-6-30-27-45(30,43(54)48-59(55,56)33-17-11-12-18-33)47-41(52)38-24-32(28-50(38)42(53)35(44(2,3)4)25-40(51)49-21-13-8-14-22-49)58-39-26-36(29-15-9-7-10-16-29)46-37-23-31(57-5)19-20-34(37)39/h6-7,9-10,15-16,19-20,23,26,30,32-33,35,38H,1,8,11-14,17-18,21-22,24-25,27-28H2,2-5H3,(H,47,52)(H,48,54)/t30-,32-,35-,38+,45-/m1/s1. The van der Waals surface area contributed by atoms with E-state index in [9.17, 15) is 27.6 Å². The minimum Gasteiger partial charge on any atom is -0.497 e. The number of piperidine rings is 1. The van der Waals surface area contributed by atoms with Crippen molar-refractivity contribution in [2.75, 3.05) is 26.7 Å². The van der Waals surface area contributed by atoms with Crippen LogP contribution in [0.25, 0.3) is 22.2 Å². The molecule has 2 aromatic carbocycles. The minimum atomic E-state index is -3.97. The molecule has 3 heterocycles. The molecule has 2 N–H and O–H groups in total. The molecular formula is C45H57N5O8S. The Labute approximate surface area is 347 Å². The summed E-state index contributed by atoms with van der Waals surface area (Å²) in [5.41, 5.74) is -0.0247. The molecule has 13 nitrogen and oxygen atoms in total. The Hall–Kier alpha value is -4.98. The smallest absolute Gasteiger partial charge is 0.259 e. The van der Waals surface area contributed by atoms with E-state index in [2.05, 4.69) is 16.6 Å². The first-order valence-corrected chi connectivity index (χ1v) is 22.5. The van der Waals surface area contributed by atoms with Crippen LogP contribution in [-0.4, -0.2) is 96.5 Å². The van der Waals surface area contributed by atoms with Crippen LogP contribution >= 0.6 is 0 Å². The molecule has 1 aromatic heterocycles. The Morgan fingerprint density at radius 2 is 1.71 bits per heavy atom. The van der Waals surface area contributed by atoms with Gasteiger partial charge in [-0.1, -0.05) is 70.0 Å². The minimum absolute atomic E-state index is 0.0140. The molecule has 0 bridgehead atoms. The van der Waals surface area contributed by atoms with Crippen molar-refractivity contribution in [3.63, 3.8) is 0 Å². The van der Waals surface area contributed by atoms with Crippen molar-refractivity contribution in [2.45, 2.75) is 108 Å². The SMILES string of the molecule is C=C[C@@H]1C[C@]1(NC(=O)[C@@H]1C[C@@H](Oc2cc(-c3ccccc3)nc3cc(OC)ccc23)CN1C(=O)[C@@H](CC(=O)N1CCCCC1)C(C)(C)C)C(=O)NS(=O)(=O)C1CCCC1. The van der Waals surface area contributed by atoms with E-state index < -0.39 is 62.0 Å². The summed E-state index contributed by atoms with van der Waals surface area (Å²) in [5.74, 6) is -2.01. The fourth-order valence-corrected chi connectivity index (χ4v) is 10.5. The number of pyridine rings is 1. The van der Waals surface area contributed by atoms with Crippen molar-refractivity contribution in [2.24, 2.45) is 17.3 Å². The van der Waals surface area contributed by atoms with Gasteiger partial charge in [0.05, 0.1) is 36.0 Å². The molecular weight excluding hydrogens is 771 g/mol. The van der Waals surface area contributed by atoms with Gasteiger partial charge in [-0.05, 0) is 56.1 Å². The first-order valence-electron chi connectivity index (χ1n) is 20.9. The average Bonchev–Trinajstić information content (AvgIpc) is 3.51. The molecule has 4 fully saturated rings. The van der Waals surface area contributed by atoms with Gasteiger partial charge in [0, 0.05) is 54.9 Å². The summed E-state index contributed by atoms with van der Waals surface area (Å²) in [7, 11) is -2.39. The lowest BCUT2D eigenvalue weighted by Crippen LogP contribution is -2.57. The van der Waals surface area contributed by atoms with Gasteiger partial charge in [0.1, 0.15) is 29.2 Å². The van der Waals surface area contributed by atoms with Gasteiger partial charge in [0.15, 0.2) is 0 Å². The third-order valence-corrected chi connectivity index (χ3v) is 14.5. The molecule has 316 valence electrons. The number of rotatable bonds is 13. The van der Waals surface area contributed by atoms with Crippen LogP contribution in [0.1, 0.15) is 85.0 Å². The maximum absolute atomic E-state index is 14.9. The molecule has 0 radical (unpaired) electrons. The molecule has 2 aliphatic carbocycles. The number of sulfonamides is 1. The predicted octanol–water partition coefficient (Wildman–Crippen LogP) is 5.77. The van der Waals surface area contributed by atoms with Crippen molar-refractivity contribution in [1.29, 1.82) is 0 Å². The van der Waals surface area contributed by atoms with Crippen molar-refractivity contribution < 1.29 is 37.1 Å². The zero-order valence-corrected chi connectivity index (χ0v) is 35.4. The summed E-state index contributed by atoms with van der Waals surface area (Å²) in [6.45, 7) is 10.9. The Kier molecular flexibility index (Phi) is 12.1. The summed E-state index contributed by atoms with van der Waals surface area (Å²) >= 11 is 0. The molecule has 5 atom stereocenters. The fraction of sp³-hybridized carbons (Fsp3) is 0.533. The highest BCUT2D eigenvalue weighted by Gasteiger charge is 2.62. The van der Waals surface area contributed by atoms with Crippen molar-refractivity contribution in [3.05, 3.63) is 67.3 Å². The van der Waals surface area contributed by atoms with Gasteiger partial charge >= 0.3 is 0 Å². The number of fused-ring (bicyclic) bond motifs is 1. The van der Waals surface area contributed by atoms with Crippen LogP contribution in [0.5, 0.6) is 11.5 Å². The summed E-state index contributed by atoms with van der Waals surface area (Å²) in [5, 5.41) is 2.94. The number of aromatic nitrogens is 1. The fourth-order valence-electron chi connectivity index (χ4n) is 8.96. The van der Waals surface area contributed by atoms with Gasteiger partial charge in [-0.15, -0.1) is 6.58 Å². The van der Waals surface area contributed by atoms with E-state index in [-0.39, 0.29) is 37.6 Å². The summed E-state index contributed by atoms with van der Waals surface area (Å²) in [6, 6.07) is 15.9. The van der Waals surface area contributed by atoms with Crippen molar-refractivity contribution in [1.82, 2.24) is 24.8 Å². The highest BCUT2D eigenvalue weighted by Crippen LogP contribution is 2.46. The lowest BCUT2D eigenvalue weighted by molar-refractivity contribution is -0.148. The van der Waals surface area contributed by atoms with E-state index in [1.54, 1.807) is 13.2 Å². The Balaban J connectivity index is 1.21. The zero-order chi connectivity index (χ0) is 42.1. The number of carbonyl (C=O) groups excluding carboxylic acids is 4. The molecule has 4 amide bonds. The zero-order valence-electron chi connectivity index (χ0n) is 34.6. The highest BCUT2D eigenvalue weighted by atomic mass is 32.2. The van der Waals surface area contributed by atoms with Gasteiger partial charge in [-0.25, -0.2) is 13.4 Å². The Bertz CT molecular complexity index is 2200. The Morgan fingerprint density at radius 1 is 1.00 bits per heavy atom. The van der Waals surface area contributed by atoms with E-state index in [0.717, 1.165) is 37.7 Å². The van der Waals surface area contributed by atoms with E-state index >= 15 is 0 Å². The largest absolute Gasteiger partial charge is 0.497 e. The van der Waals surface area contributed by atoms with E-state index in [0.29, 0.717) is 54.0 Å². The van der Waals surface area contributed by atoms with Gasteiger partial charge in [0.25, 0.3) is 5.91 Å². The lowest BCUT2D eigenvalue weighted by Gasteiger charge is -2.36. The summed E-state index contributed by atoms with van der Waals surface area (Å²) in [4.78, 5) is 65.4. The monoisotopic (exact) mass is 827 g/mol.